The number of pyridine rings is 1. The fourth-order valence-corrected chi connectivity index (χ4v) is 4.39. The van der Waals surface area contributed by atoms with Crippen LogP contribution >= 0.6 is 34.3 Å². The molecule has 0 aliphatic rings. The van der Waals surface area contributed by atoms with Gasteiger partial charge in [0.2, 0.25) is 0 Å². The van der Waals surface area contributed by atoms with Crippen LogP contribution in [0.5, 0.6) is 0 Å². The Morgan fingerprint density at radius 1 is 1.48 bits per heavy atom. The molecule has 4 nitrogen and oxygen atoms in total. The summed E-state index contributed by atoms with van der Waals surface area (Å²) < 4.78 is 15.3. The van der Waals surface area contributed by atoms with E-state index in [4.69, 9.17) is 17.3 Å². The highest BCUT2D eigenvalue weighted by molar-refractivity contribution is 7.20. The van der Waals surface area contributed by atoms with Crippen molar-refractivity contribution in [3.8, 4) is 0 Å². The summed E-state index contributed by atoms with van der Waals surface area (Å²) >= 11 is 9.08. The molecule has 1 unspecified atom stereocenters. The third kappa shape index (κ3) is 3.33. The monoisotopic (exact) mass is 370 g/mol. The fraction of sp³-hybridized carbons (Fsp3) is 0.333. The van der Waals surface area contributed by atoms with Crippen LogP contribution in [0.3, 0.4) is 0 Å². The fourth-order valence-electron chi connectivity index (χ4n) is 2.31. The number of alkyl halides is 1. The molecule has 0 fully saturated rings. The number of rotatable bonds is 5. The van der Waals surface area contributed by atoms with Crippen LogP contribution in [0.4, 0.5) is 10.1 Å². The highest BCUT2D eigenvalue weighted by Gasteiger charge is 2.23. The number of nitrogens with zero attached hydrogens (tertiary/aromatic N) is 2. The van der Waals surface area contributed by atoms with E-state index in [1.807, 2.05) is 12.3 Å². The first kappa shape index (κ1) is 16.6. The topological polar surface area (TPSA) is 63.8 Å². The number of halogens is 2. The SMILES string of the molecule is Cc1c(C(F)[C@H](C)N)sc2c(NCc3nccs3)cc(Cl)nc12. The van der Waals surface area contributed by atoms with Crippen molar-refractivity contribution in [3.63, 3.8) is 0 Å². The molecule has 3 aromatic heterocycles. The zero-order valence-electron chi connectivity index (χ0n) is 12.6. The number of hydrogen-bond acceptors (Lipinski definition) is 6. The number of aromatic nitrogens is 2. The number of nitrogens with one attached hydrogen (secondary N) is 1. The van der Waals surface area contributed by atoms with Crippen molar-refractivity contribution in [2.75, 3.05) is 5.32 Å². The Hall–Kier alpha value is -1.28. The summed E-state index contributed by atoms with van der Waals surface area (Å²) in [7, 11) is 0. The number of fused-ring (bicyclic) bond motifs is 1. The molecule has 3 N–H and O–H groups in total. The van der Waals surface area contributed by atoms with Crippen LogP contribution in [0.1, 0.15) is 28.5 Å². The van der Waals surface area contributed by atoms with Gasteiger partial charge in [0.15, 0.2) is 0 Å². The van der Waals surface area contributed by atoms with Crippen LogP contribution in [0, 0.1) is 6.92 Å². The second-order valence-electron chi connectivity index (χ2n) is 5.30. The van der Waals surface area contributed by atoms with Crippen molar-refractivity contribution < 1.29 is 4.39 Å². The van der Waals surface area contributed by atoms with Gasteiger partial charge in [-0.25, -0.2) is 14.4 Å². The molecule has 0 saturated heterocycles. The molecule has 0 aliphatic heterocycles. The van der Waals surface area contributed by atoms with Crippen LogP contribution in [-0.4, -0.2) is 16.0 Å². The summed E-state index contributed by atoms with van der Waals surface area (Å²) in [5.41, 5.74) is 8.08. The number of nitrogens with two attached hydrogens (primary N) is 1. The number of thiazole rings is 1. The third-order valence-electron chi connectivity index (χ3n) is 3.50. The Kier molecular flexibility index (Phi) is 4.82. The molecule has 0 amide bonds. The number of anilines is 1. The van der Waals surface area contributed by atoms with Gasteiger partial charge in [0.25, 0.3) is 0 Å². The largest absolute Gasteiger partial charge is 0.377 e. The van der Waals surface area contributed by atoms with Crippen LogP contribution < -0.4 is 11.1 Å². The summed E-state index contributed by atoms with van der Waals surface area (Å²) in [4.78, 5) is 9.21. The van der Waals surface area contributed by atoms with Crippen molar-refractivity contribution >= 4 is 50.2 Å². The minimum absolute atomic E-state index is 0.378. The smallest absolute Gasteiger partial charge is 0.149 e. The molecule has 23 heavy (non-hydrogen) atoms. The van der Waals surface area contributed by atoms with Crippen molar-refractivity contribution in [1.82, 2.24) is 9.97 Å². The van der Waals surface area contributed by atoms with Crippen molar-refractivity contribution in [3.05, 3.63) is 38.2 Å². The average Bonchev–Trinajstić information content (AvgIpc) is 3.13. The van der Waals surface area contributed by atoms with E-state index in [1.165, 1.54) is 11.3 Å². The zero-order chi connectivity index (χ0) is 16.6. The Labute approximate surface area is 146 Å². The van der Waals surface area contributed by atoms with Gasteiger partial charge < -0.3 is 11.1 Å². The van der Waals surface area contributed by atoms with Gasteiger partial charge in [0, 0.05) is 28.6 Å². The molecule has 0 aromatic carbocycles. The highest BCUT2D eigenvalue weighted by Crippen LogP contribution is 2.40. The maximum Gasteiger partial charge on any atom is 0.149 e. The Morgan fingerprint density at radius 2 is 2.26 bits per heavy atom. The molecule has 0 aliphatic carbocycles. The lowest BCUT2D eigenvalue weighted by Gasteiger charge is -2.10. The second-order valence-corrected chi connectivity index (χ2v) is 7.72. The lowest BCUT2D eigenvalue weighted by molar-refractivity contribution is 0.304. The quantitative estimate of drug-likeness (QED) is 0.640. The zero-order valence-corrected chi connectivity index (χ0v) is 15.0. The molecule has 0 bridgehead atoms. The summed E-state index contributed by atoms with van der Waals surface area (Å²) in [6.45, 7) is 4.11. The first-order valence-electron chi connectivity index (χ1n) is 7.08. The van der Waals surface area contributed by atoms with E-state index < -0.39 is 12.2 Å². The van der Waals surface area contributed by atoms with Gasteiger partial charge in [-0.15, -0.1) is 22.7 Å². The molecule has 2 atom stereocenters. The predicted molar refractivity (Wildman–Crippen MR) is 96.3 cm³/mol. The first-order valence-corrected chi connectivity index (χ1v) is 9.16. The van der Waals surface area contributed by atoms with Gasteiger partial charge in [-0.3, -0.25) is 0 Å². The minimum Gasteiger partial charge on any atom is -0.377 e. The molecule has 8 heteroatoms. The normalized spacial score (nSPS) is 14.1. The standard InChI is InChI=1S/C15H16ClFN4S2/c1-7-13-15(23-14(7)12(17)8(2)18)9(5-10(16)21-13)20-6-11-19-3-4-22-11/h3-5,8,12H,6,18H2,1-2H3,(H,20,21)/t8-,12?/m0/s1. The predicted octanol–water partition coefficient (Wildman–Crippen LogP) is 4.68. The van der Waals surface area contributed by atoms with E-state index in [9.17, 15) is 4.39 Å². The van der Waals surface area contributed by atoms with E-state index in [0.29, 0.717) is 16.6 Å². The van der Waals surface area contributed by atoms with E-state index in [1.54, 1.807) is 30.5 Å². The van der Waals surface area contributed by atoms with Gasteiger partial charge in [-0.05, 0) is 19.4 Å². The number of hydrogen-bond donors (Lipinski definition) is 2. The van der Waals surface area contributed by atoms with Gasteiger partial charge in [-0.1, -0.05) is 11.6 Å². The van der Waals surface area contributed by atoms with E-state index in [0.717, 1.165) is 26.5 Å². The van der Waals surface area contributed by atoms with Gasteiger partial charge >= 0.3 is 0 Å². The Bertz CT molecular complexity index is 817. The van der Waals surface area contributed by atoms with Crippen LogP contribution in [0.2, 0.25) is 5.15 Å². The molecule has 122 valence electrons. The number of thiophene rings is 1. The van der Waals surface area contributed by atoms with E-state index >= 15 is 0 Å². The molecule has 0 spiro atoms. The minimum atomic E-state index is -1.21. The lowest BCUT2D eigenvalue weighted by atomic mass is 10.1. The van der Waals surface area contributed by atoms with Crippen molar-refractivity contribution in [1.29, 1.82) is 0 Å². The van der Waals surface area contributed by atoms with Crippen molar-refractivity contribution in [2.24, 2.45) is 5.73 Å². The summed E-state index contributed by atoms with van der Waals surface area (Å²) in [6, 6.07) is 1.19. The summed E-state index contributed by atoms with van der Waals surface area (Å²) in [5.74, 6) is 0. The van der Waals surface area contributed by atoms with Crippen LogP contribution in [0.15, 0.2) is 17.6 Å². The molecular formula is C15H16ClFN4S2. The van der Waals surface area contributed by atoms with Crippen molar-refractivity contribution in [2.45, 2.75) is 32.6 Å². The number of aryl methyl sites for hydroxylation is 1. The maximum absolute atomic E-state index is 14.4. The third-order valence-corrected chi connectivity index (χ3v) is 5.85. The molecule has 0 saturated carbocycles. The summed E-state index contributed by atoms with van der Waals surface area (Å²) in [5, 5.41) is 6.59. The molecule has 3 aromatic rings. The molecule has 3 heterocycles. The van der Waals surface area contributed by atoms with Gasteiger partial charge in [-0.2, -0.15) is 0 Å². The van der Waals surface area contributed by atoms with Crippen LogP contribution in [-0.2, 0) is 6.54 Å². The highest BCUT2D eigenvalue weighted by atomic mass is 35.5. The maximum atomic E-state index is 14.4. The van der Waals surface area contributed by atoms with Crippen LogP contribution in [0.25, 0.3) is 10.2 Å². The molecular weight excluding hydrogens is 355 g/mol. The average molecular weight is 371 g/mol. The Morgan fingerprint density at radius 3 is 2.91 bits per heavy atom. The van der Waals surface area contributed by atoms with Gasteiger partial charge in [0.05, 0.1) is 22.4 Å². The second kappa shape index (κ2) is 6.68. The lowest BCUT2D eigenvalue weighted by Crippen LogP contribution is -2.21. The Balaban J connectivity index is 2.02. The molecule has 3 rings (SSSR count). The van der Waals surface area contributed by atoms with E-state index in [-0.39, 0.29) is 0 Å². The van der Waals surface area contributed by atoms with E-state index in [2.05, 4.69) is 15.3 Å². The molecule has 0 radical (unpaired) electrons. The first-order chi connectivity index (χ1) is 11.0. The van der Waals surface area contributed by atoms with Gasteiger partial charge in [0.1, 0.15) is 16.3 Å². The summed E-state index contributed by atoms with van der Waals surface area (Å²) in [6.07, 6.45) is 0.556.